The molecule has 28 heavy (non-hydrogen) atoms. The van der Waals surface area contributed by atoms with E-state index in [1.165, 1.54) is 18.4 Å². The van der Waals surface area contributed by atoms with Gasteiger partial charge in [0.05, 0.1) is 21.5 Å². The molecule has 0 spiro atoms. The molecule has 3 rings (SSSR count). The first-order valence-electron chi connectivity index (χ1n) is 8.03. The van der Waals surface area contributed by atoms with Crippen molar-refractivity contribution in [3.63, 3.8) is 0 Å². The number of anilines is 1. The topological polar surface area (TPSA) is 94.5 Å². The predicted octanol–water partition coefficient (Wildman–Crippen LogP) is 4.25. The van der Waals surface area contributed by atoms with Crippen LogP contribution < -0.4 is 5.32 Å². The van der Waals surface area contributed by atoms with Crippen LogP contribution in [-0.4, -0.2) is 25.4 Å². The first-order chi connectivity index (χ1) is 12.6. The van der Waals surface area contributed by atoms with Gasteiger partial charge in [-0.3, -0.25) is 0 Å². The van der Waals surface area contributed by atoms with Crippen molar-refractivity contribution in [2.45, 2.75) is 24.9 Å². The van der Waals surface area contributed by atoms with Gasteiger partial charge in [0.25, 0.3) is 0 Å². The number of nitrogens with zero attached hydrogens (tertiary/aromatic N) is 2. The second kappa shape index (κ2) is 8.84. The van der Waals surface area contributed by atoms with Crippen LogP contribution in [0.2, 0.25) is 5.02 Å². The van der Waals surface area contributed by atoms with E-state index < -0.39 is 21.6 Å². The number of aromatic nitrogens is 3. The van der Waals surface area contributed by atoms with Gasteiger partial charge >= 0.3 is 0 Å². The molecular formula is C18H18ClFHfN5OS-. The molecule has 3 aromatic rings. The van der Waals surface area contributed by atoms with Crippen LogP contribution in [0.3, 0.4) is 0 Å². The SMILES string of the molecule is Cc1nc(N[C@@H](c2[c-]c(Cl)ccc2)c2nc([S@](C)(=N)=O)c(C)[nH]2)ccc1F.[Hf]. The standard InChI is InChI=1S/C18H18ClFN5OS.Hf/c1-10-14(20)7-8-15(22-10)24-16(12-5-4-6-13(19)9-12)17-23-11(2)18(25-17)27(3,21)26;/h4-8,16,21H,1-3H3,(H,22,24)(H,23,25);/q-1;/t16-,27+;/m0./s1. The summed E-state index contributed by atoms with van der Waals surface area (Å²) in [4.78, 5) is 11.7. The maximum atomic E-state index is 13.5. The number of hydrogen-bond acceptors (Lipinski definition) is 5. The first-order valence-corrected chi connectivity index (χ1v) is 10.4. The van der Waals surface area contributed by atoms with Crippen molar-refractivity contribution in [3.05, 3.63) is 70.0 Å². The van der Waals surface area contributed by atoms with Crippen LogP contribution in [0.5, 0.6) is 0 Å². The van der Waals surface area contributed by atoms with Crippen LogP contribution >= 0.6 is 11.6 Å². The molecule has 0 fully saturated rings. The van der Waals surface area contributed by atoms with E-state index in [0.29, 0.717) is 27.9 Å². The first kappa shape index (κ1) is 22.7. The Morgan fingerprint density at radius 1 is 1.29 bits per heavy atom. The van der Waals surface area contributed by atoms with E-state index in [4.69, 9.17) is 16.4 Å². The van der Waals surface area contributed by atoms with Crippen molar-refractivity contribution < 1.29 is 34.4 Å². The number of benzene rings is 1. The average Bonchev–Trinajstić information content (AvgIpc) is 2.97. The number of rotatable bonds is 5. The Labute approximate surface area is 187 Å². The molecule has 0 aliphatic heterocycles. The number of H-pyrrole nitrogens is 1. The fourth-order valence-electron chi connectivity index (χ4n) is 2.67. The molecule has 2 atom stereocenters. The minimum atomic E-state index is -2.99. The van der Waals surface area contributed by atoms with Crippen LogP contribution in [-0.2, 0) is 35.6 Å². The molecule has 0 saturated heterocycles. The molecule has 2 heterocycles. The molecule has 0 radical (unpaired) electrons. The Hall–Kier alpha value is -1.58. The number of aryl methyl sites for hydroxylation is 2. The Morgan fingerprint density at radius 2 is 2.00 bits per heavy atom. The van der Waals surface area contributed by atoms with E-state index in [1.54, 1.807) is 32.0 Å². The van der Waals surface area contributed by atoms with Gasteiger partial charge in [-0.2, -0.15) is 24.3 Å². The van der Waals surface area contributed by atoms with Crippen LogP contribution in [0.1, 0.15) is 28.8 Å². The van der Waals surface area contributed by atoms with E-state index >= 15 is 0 Å². The third-order valence-electron chi connectivity index (χ3n) is 3.91. The molecular weight excluding hydrogens is 567 g/mol. The molecule has 0 unspecified atom stereocenters. The van der Waals surface area contributed by atoms with Gasteiger partial charge in [-0.1, -0.05) is 5.02 Å². The van der Waals surface area contributed by atoms with Crippen LogP contribution in [0.4, 0.5) is 10.2 Å². The molecule has 10 heteroatoms. The van der Waals surface area contributed by atoms with Gasteiger partial charge in [-0.15, -0.1) is 17.2 Å². The molecule has 0 aliphatic carbocycles. The predicted molar refractivity (Wildman–Crippen MR) is 103 cm³/mol. The summed E-state index contributed by atoms with van der Waals surface area (Å²) < 4.78 is 33.5. The fraction of sp³-hybridized carbons (Fsp3) is 0.222. The molecule has 1 aromatic carbocycles. The minimum absolute atomic E-state index is 0. The Bertz CT molecular complexity index is 1100. The molecule has 6 nitrogen and oxygen atoms in total. The van der Waals surface area contributed by atoms with E-state index in [1.807, 2.05) is 0 Å². The summed E-state index contributed by atoms with van der Waals surface area (Å²) in [5, 5.41) is 3.79. The van der Waals surface area contributed by atoms with Gasteiger partial charge in [0.2, 0.25) is 0 Å². The summed E-state index contributed by atoms with van der Waals surface area (Å²) in [7, 11) is -2.99. The van der Waals surface area contributed by atoms with E-state index in [2.05, 4.69) is 26.3 Å². The number of nitrogens with one attached hydrogen (secondary N) is 3. The van der Waals surface area contributed by atoms with Crippen LogP contribution in [0.15, 0.2) is 35.4 Å². The van der Waals surface area contributed by atoms with Crippen molar-refractivity contribution in [3.8, 4) is 0 Å². The minimum Gasteiger partial charge on any atom is -0.358 e. The van der Waals surface area contributed by atoms with E-state index in [-0.39, 0.29) is 36.6 Å². The summed E-state index contributed by atoms with van der Waals surface area (Å²) in [6.07, 6.45) is 1.32. The Morgan fingerprint density at radius 3 is 2.57 bits per heavy atom. The zero-order valence-electron chi connectivity index (χ0n) is 15.4. The van der Waals surface area contributed by atoms with Gasteiger partial charge in [0.15, 0.2) is 5.03 Å². The number of pyridine rings is 1. The number of hydrogen-bond donors (Lipinski definition) is 3. The maximum Gasteiger partial charge on any atom is 0.156 e. The van der Waals surface area contributed by atoms with Gasteiger partial charge in [-0.05, 0) is 26.0 Å². The number of aromatic amines is 1. The second-order valence-electron chi connectivity index (χ2n) is 6.19. The molecule has 0 amide bonds. The van der Waals surface area contributed by atoms with Crippen molar-refractivity contribution >= 4 is 27.1 Å². The van der Waals surface area contributed by atoms with E-state index in [0.717, 1.165) is 0 Å². The quantitative estimate of drug-likeness (QED) is 0.309. The number of imidazole rings is 1. The molecule has 0 bridgehead atoms. The monoisotopic (exact) mass is 586 g/mol. The number of halogens is 2. The maximum absolute atomic E-state index is 13.5. The molecule has 0 aliphatic rings. The average molecular weight is 585 g/mol. The Kier molecular flexibility index (Phi) is 7.17. The zero-order chi connectivity index (χ0) is 19.8. The largest absolute Gasteiger partial charge is 0.358 e. The third-order valence-corrected chi connectivity index (χ3v) is 5.26. The molecule has 0 saturated carbocycles. The molecule has 146 valence electrons. The Balaban J connectivity index is 0.00000280. The van der Waals surface area contributed by atoms with Crippen LogP contribution in [0.25, 0.3) is 0 Å². The van der Waals surface area contributed by atoms with Gasteiger partial charge in [0.1, 0.15) is 17.5 Å². The second-order valence-corrected chi connectivity index (χ2v) is 8.67. The summed E-state index contributed by atoms with van der Waals surface area (Å²) in [5.41, 5.74) is 1.47. The molecule has 3 N–H and O–H groups in total. The van der Waals surface area contributed by atoms with Crippen molar-refractivity contribution in [1.82, 2.24) is 15.0 Å². The summed E-state index contributed by atoms with van der Waals surface area (Å²) >= 11 is 6.08. The van der Waals surface area contributed by atoms with Gasteiger partial charge in [0, 0.05) is 37.8 Å². The van der Waals surface area contributed by atoms with Crippen molar-refractivity contribution in [1.29, 1.82) is 4.78 Å². The van der Waals surface area contributed by atoms with Crippen LogP contribution in [0, 0.1) is 30.5 Å². The van der Waals surface area contributed by atoms with Crippen molar-refractivity contribution in [2.24, 2.45) is 0 Å². The van der Waals surface area contributed by atoms with Crippen molar-refractivity contribution in [2.75, 3.05) is 11.6 Å². The summed E-state index contributed by atoms with van der Waals surface area (Å²) in [5.74, 6) is 0.472. The summed E-state index contributed by atoms with van der Waals surface area (Å²) in [6, 6.07) is 10.6. The zero-order valence-corrected chi connectivity index (χ0v) is 20.6. The van der Waals surface area contributed by atoms with Gasteiger partial charge in [-0.25, -0.2) is 23.3 Å². The summed E-state index contributed by atoms with van der Waals surface area (Å²) in [6.45, 7) is 3.28. The smallest absolute Gasteiger partial charge is 0.156 e. The fourth-order valence-corrected chi connectivity index (χ4v) is 3.76. The van der Waals surface area contributed by atoms with Gasteiger partial charge < -0.3 is 10.3 Å². The molecule has 2 aromatic heterocycles. The van der Waals surface area contributed by atoms with E-state index in [9.17, 15) is 8.60 Å². The third kappa shape index (κ3) is 5.07. The normalized spacial score (nSPS) is 14.0.